The topological polar surface area (TPSA) is 34.1 Å². The van der Waals surface area contributed by atoms with Crippen molar-refractivity contribution in [3.8, 4) is 0 Å². The predicted octanol–water partition coefficient (Wildman–Crippen LogP) is 2.87. The molecule has 0 aromatic rings. The average molecular weight is 222 g/mol. The molecule has 0 amide bonds. The summed E-state index contributed by atoms with van der Waals surface area (Å²) in [4.78, 5) is 0.901. The Hall–Kier alpha value is -1.09. The normalized spacial score (nSPS) is 21.1. The summed E-state index contributed by atoms with van der Waals surface area (Å²) < 4.78 is 24.2. The van der Waals surface area contributed by atoms with E-state index in [1.54, 1.807) is 24.3 Å². The first-order valence-electron chi connectivity index (χ1n) is 5.20. The summed E-state index contributed by atoms with van der Waals surface area (Å²) in [5.41, 5.74) is 0. The third-order valence-corrected chi connectivity index (χ3v) is 4.39. The quantitative estimate of drug-likeness (QED) is 0.720. The molecule has 80 valence electrons. The molecular formula is C12H14O2S. The fourth-order valence-corrected chi connectivity index (χ4v) is 3.21. The van der Waals surface area contributed by atoms with Gasteiger partial charge in [0.25, 0.3) is 0 Å². The fraction of sp³-hybridized carbons (Fsp3) is 0.333. The average Bonchev–Trinajstić information content (AvgIpc) is 2.31. The van der Waals surface area contributed by atoms with E-state index in [0.29, 0.717) is 9.81 Å². The van der Waals surface area contributed by atoms with Gasteiger partial charge in [0, 0.05) is 0 Å². The second-order valence-corrected chi connectivity index (χ2v) is 5.63. The maximum Gasteiger partial charge on any atom is 0.205 e. The van der Waals surface area contributed by atoms with Crippen molar-refractivity contribution in [2.45, 2.75) is 25.7 Å². The van der Waals surface area contributed by atoms with E-state index in [4.69, 9.17) is 0 Å². The molecule has 0 atom stereocenters. The van der Waals surface area contributed by atoms with Crippen LogP contribution in [0, 0.1) is 0 Å². The summed E-state index contributed by atoms with van der Waals surface area (Å²) in [5.74, 6) is 0. The molecular weight excluding hydrogens is 208 g/mol. The molecule has 0 spiro atoms. The predicted molar refractivity (Wildman–Crippen MR) is 61.8 cm³/mol. The maximum absolute atomic E-state index is 12.1. The van der Waals surface area contributed by atoms with E-state index in [-0.39, 0.29) is 0 Å². The largest absolute Gasteiger partial charge is 0.219 e. The highest BCUT2D eigenvalue weighted by molar-refractivity contribution is 7.99. The Morgan fingerprint density at radius 2 is 1.27 bits per heavy atom. The van der Waals surface area contributed by atoms with Gasteiger partial charge in [-0.1, -0.05) is 24.3 Å². The van der Waals surface area contributed by atoms with Gasteiger partial charge in [0.05, 0.1) is 9.81 Å². The molecule has 2 rings (SSSR count). The van der Waals surface area contributed by atoms with E-state index in [2.05, 4.69) is 0 Å². The smallest absolute Gasteiger partial charge is 0.205 e. The lowest BCUT2D eigenvalue weighted by Gasteiger charge is -2.11. The lowest BCUT2D eigenvalue weighted by molar-refractivity contribution is 0.608. The Morgan fingerprint density at radius 3 is 1.60 bits per heavy atom. The first-order valence-corrected chi connectivity index (χ1v) is 6.68. The van der Waals surface area contributed by atoms with Gasteiger partial charge in [-0.2, -0.15) is 0 Å². The zero-order chi connectivity index (χ0) is 10.7. The second-order valence-electron chi connectivity index (χ2n) is 3.68. The van der Waals surface area contributed by atoms with Crippen LogP contribution in [0.15, 0.2) is 46.3 Å². The van der Waals surface area contributed by atoms with E-state index in [1.807, 2.05) is 12.2 Å². The van der Waals surface area contributed by atoms with Crippen LogP contribution in [0.2, 0.25) is 0 Å². The molecule has 0 aliphatic heterocycles. The van der Waals surface area contributed by atoms with Crippen LogP contribution < -0.4 is 0 Å². The van der Waals surface area contributed by atoms with E-state index in [9.17, 15) is 8.42 Å². The molecule has 0 saturated heterocycles. The Morgan fingerprint density at radius 1 is 0.800 bits per heavy atom. The summed E-state index contributed by atoms with van der Waals surface area (Å²) in [6.07, 6.45) is 14.4. The first kappa shape index (κ1) is 10.4. The molecule has 2 aliphatic carbocycles. The van der Waals surface area contributed by atoms with Crippen LogP contribution >= 0.6 is 0 Å². The fourth-order valence-electron chi connectivity index (χ4n) is 1.71. The maximum atomic E-state index is 12.1. The van der Waals surface area contributed by atoms with E-state index < -0.39 is 9.84 Å². The van der Waals surface area contributed by atoms with Crippen molar-refractivity contribution in [3.63, 3.8) is 0 Å². The molecule has 0 aromatic heterocycles. The van der Waals surface area contributed by atoms with Crippen LogP contribution in [0.4, 0.5) is 0 Å². The number of hydrogen-bond acceptors (Lipinski definition) is 2. The molecule has 0 fully saturated rings. The third-order valence-electron chi connectivity index (χ3n) is 2.54. The molecule has 0 radical (unpaired) electrons. The number of hydrogen-bond donors (Lipinski definition) is 0. The van der Waals surface area contributed by atoms with Gasteiger partial charge in [0.1, 0.15) is 0 Å². The van der Waals surface area contributed by atoms with Crippen LogP contribution in [0.5, 0.6) is 0 Å². The summed E-state index contributed by atoms with van der Waals surface area (Å²) in [7, 11) is -3.24. The first-order chi connectivity index (χ1) is 7.21. The third kappa shape index (κ3) is 2.12. The van der Waals surface area contributed by atoms with Crippen molar-refractivity contribution < 1.29 is 8.42 Å². The number of allylic oxidation sites excluding steroid dienone is 6. The van der Waals surface area contributed by atoms with E-state index in [0.717, 1.165) is 25.7 Å². The van der Waals surface area contributed by atoms with Gasteiger partial charge in [0.2, 0.25) is 9.84 Å². The van der Waals surface area contributed by atoms with E-state index >= 15 is 0 Å². The highest BCUT2D eigenvalue weighted by Crippen LogP contribution is 2.25. The number of rotatable bonds is 2. The van der Waals surface area contributed by atoms with Crippen LogP contribution in [0.25, 0.3) is 0 Å². The molecule has 2 aliphatic rings. The lowest BCUT2D eigenvalue weighted by Crippen LogP contribution is -2.07. The van der Waals surface area contributed by atoms with Gasteiger partial charge >= 0.3 is 0 Å². The molecule has 0 aromatic carbocycles. The van der Waals surface area contributed by atoms with Crippen LogP contribution in [0.1, 0.15) is 25.7 Å². The van der Waals surface area contributed by atoms with Gasteiger partial charge < -0.3 is 0 Å². The lowest BCUT2D eigenvalue weighted by atomic mass is 10.2. The highest BCUT2D eigenvalue weighted by atomic mass is 32.2. The molecule has 3 heteroatoms. The van der Waals surface area contributed by atoms with Crippen molar-refractivity contribution in [1.29, 1.82) is 0 Å². The van der Waals surface area contributed by atoms with Crippen molar-refractivity contribution in [3.05, 3.63) is 46.3 Å². The van der Waals surface area contributed by atoms with Crippen molar-refractivity contribution in [2.24, 2.45) is 0 Å². The minimum Gasteiger partial charge on any atom is -0.219 e. The van der Waals surface area contributed by atoms with Crippen molar-refractivity contribution >= 4 is 9.84 Å². The Balaban J connectivity index is 2.34. The van der Waals surface area contributed by atoms with Crippen LogP contribution in [-0.4, -0.2) is 8.42 Å². The molecule has 0 bridgehead atoms. The SMILES string of the molecule is O=S(=O)(C1=CCCC=C1)C1=CCCC=C1. The van der Waals surface area contributed by atoms with Gasteiger partial charge in [-0.05, 0) is 37.8 Å². The standard InChI is InChI=1S/C12H14O2S/c13-15(14,11-7-3-1-4-8-11)12-9-5-2-6-10-12/h3,5,7-10H,1-2,4,6H2. The number of sulfone groups is 1. The molecule has 2 nitrogen and oxygen atoms in total. The van der Waals surface area contributed by atoms with Crippen LogP contribution in [0.3, 0.4) is 0 Å². The summed E-state index contributed by atoms with van der Waals surface area (Å²) in [6, 6.07) is 0. The van der Waals surface area contributed by atoms with E-state index in [1.165, 1.54) is 0 Å². The zero-order valence-electron chi connectivity index (χ0n) is 8.52. The minimum atomic E-state index is -3.24. The Kier molecular flexibility index (Phi) is 2.91. The summed E-state index contributed by atoms with van der Waals surface area (Å²) >= 11 is 0. The molecule has 0 unspecified atom stereocenters. The highest BCUT2D eigenvalue weighted by Gasteiger charge is 2.20. The minimum absolute atomic E-state index is 0.451. The van der Waals surface area contributed by atoms with Crippen LogP contribution in [-0.2, 0) is 9.84 Å². The Bertz CT molecular complexity index is 424. The van der Waals surface area contributed by atoms with Gasteiger partial charge in [-0.15, -0.1) is 0 Å². The molecule has 0 saturated carbocycles. The monoisotopic (exact) mass is 222 g/mol. The van der Waals surface area contributed by atoms with Gasteiger partial charge in [-0.3, -0.25) is 0 Å². The molecule has 15 heavy (non-hydrogen) atoms. The second kappa shape index (κ2) is 4.19. The Labute approximate surface area is 90.6 Å². The van der Waals surface area contributed by atoms with Gasteiger partial charge in [0.15, 0.2) is 0 Å². The zero-order valence-corrected chi connectivity index (χ0v) is 9.33. The summed E-state index contributed by atoms with van der Waals surface area (Å²) in [6.45, 7) is 0. The molecule has 0 heterocycles. The van der Waals surface area contributed by atoms with Crippen molar-refractivity contribution in [1.82, 2.24) is 0 Å². The van der Waals surface area contributed by atoms with Crippen molar-refractivity contribution in [2.75, 3.05) is 0 Å². The van der Waals surface area contributed by atoms with Gasteiger partial charge in [-0.25, -0.2) is 8.42 Å². The summed E-state index contributed by atoms with van der Waals surface area (Å²) in [5, 5.41) is 0. The molecule has 0 N–H and O–H groups in total.